The zero-order valence-electron chi connectivity index (χ0n) is 11.9. The van der Waals surface area contributed by atoms with Gasteiger partial charge in [-0.2, -0.15) is 0 Å². The highest BCUT2D eigenvalue weighted by Crippen LogP contribution is 2.33. The summed E-state index contributed by atoms with van der Waals surface area (Å²) in [5.41, 5.74) is 0.252. The van der Waals surface area contributed by atoms with Crippen molar-refractivity contribution in [3.8, 4) is 0 Å². The number of halogens is 5. The third-order valence-corrected chi connectivity index (χ3v) is 4.63. The summed E-state index contributed by atoms with van der Waals surface area (Å²) in [5, 5.41) is 0. The maximum atomic E-state index is 14.1. The molecule has 1 heterocycles. The molecule has 0 saturated heterocycles. The Hall–Kier alpha value is -1.78. The molecule has 0 aliphatic carbocycles. The van der Waals surface area contributed by atoms with Crippen LogP contribution in [-0.4, -0.2) is 13.4 Å². The van der Waals surface area contributed by atoms with E-state index in [1.165, 1.54) is 0 Å². The third kappa shape index (κ3) is 1.91. The minimum absolute atomic E-state index is 0.334. The molecule has 0 N–H and O–H groups in total. The van der Waals surface area contributed by atoms with Gasteiger partial charge in [0.25, 0.3) is 0 Å². The molecule has 1 aliphatic heterocycles. The van der Waals surface area contributed by atoms with Crippen molar-refractivity contribution in [2.75, 3.05) is 0 Å². The first-order valence-corrected chi connectivity index (χ1v) is 6.96. The lowest BCUT2D eigenvalue weighted by atomic mass is 9.27. The first kappa shape index (κ1) is 15.1. The van der Waals surface area contributed by atoms with E-state index in [1.54, 1.807) is 25.8 Å². The summed E-state index contributed by atoms with van der Waals surface area (Å²) in [6.45, 7) is 2.81. The van der Waals surface area contributed by atoms with E-state index in [9.17, 15) is 22.0 Å². The molecule has 0 unspecified atom stereocenters. The smallest absolute Gasteiger partial charge is 0.200 e. The van der Waals surface area contributed by atoms with Crippen molar-refractivity contribution in [3.63, 3.8) is 0 Å². The van der Waals surface area contributed by atoms with E-state index in [4.69, 9.17) is 0 Å². The summed E-state index contributed by atoms with van der Waals surface area (Å²) in [6, 6.07) is 7.23. The molecule has 2 aromatic carbocycles. The first-order chi connectivity index (χ1) is 10.4. The molecule has 7 heteroatoms. The van der Waals surface area contributed by atoms with Gasteiger partial charge in [0.15, 0.2) is 36.7 Å². The number of fused-ring (bicyclic) bond motifs is 1. The summed E-state index contributed by atoms with van der Waals surface area (Å²) < 4.78 is 68.4. The van der Waals surface area contributed by atoms with Crippen molar-refractivity contribution in [2.24, 2.45) is 0 Å². The second-order valence-electron chi connectivity index (χ2n) is 5.72. The zero-order chi connectivity index (χ0) is 16.2. The minimum atomic E-state index is -2.12. The monoisotopic (exact) mass is 308 g/mol. The molecule has 0 atom stereocenters. The molecule has 112 valence electrons. The van der Waals surface area contributed by atoms with Crippen LogP contribution in [0.5, 0.6) is 0 Å². The first-order valence-electron chi connectivity index (χ1n) is 6.96. The van der Waals surface area contributed by atoms with Crippen LogP contribution >= 0.6 is 0 Å². The molecule has 0 radical (unpaired) electrons. The van der Waals surface area contributed by atoms with Gasteiger partial charge in [-0.1, -0.05) is 48.8 Å². The molecule has 0 amide bonds. The molecule has 0 spiro atoms. The van der Waals surface area contributed by atoms with Crippen LogP contribution in [0.3, 0.4) is 0 Å². The second kappa shape index (κ2) is 5.14. The van der Waals surface area contributed by atoms with E-state index < -0.39 is 40.4 Å². The predicted molar refractivity (Wildman–Crippen MR) is 77.9 cm³/mol. The van der Waals surface area contributed by atoms with Crippen molar-refractivity contribution in [1.82, 2.24) is 0 Å². The van der Waals surface area contributed by atoms with Gasteiger partial charge >= 0.3 is 0 Å². The fourth-order valence-electron chi connectivity index (χ4n) is 3.57. The number of benzene rings is 2. The second-order valence-corrected chi connectivity index (χ2v) is 5.72. The highest BCUT2D eigenvalue weighted by atomic mass is 19.2. The quantitative estimate of drug-likeness (QED) is 0.329. The summed E-state index contributed by atoms with van der Waals surface area (Å²) in [4.78, 5) is 0. The lowest BCUT2D eigenvalue weighted by Crippen LogP contribution is -2.32. The van der Waals surface area contributed by atoms with Gasteiger partial charge in [0.05, 0.1) is 0 Å². The van der Waals surface area contributed by atoms with Crippen molar-refractivity contribution < 1.29 is 22.0 Å². The van der Waals surface area contributed by atoms with Gasteiger partial charge in [0.2, 0.25) is 5.82 Å². The minimum Gasteiger partial charge on any atom is -0.203 e. The zero-order valence-corrected chi connectivity index (χ0v) is 11.9. The Morgan fingerprint density at radius 2 is 1.05 bits per heavy atom. The van der Waals surface area contributed by atoms with Crippen LogP contribution in [0, 0.1) is 29.1 Å². The van der Waals surface area contributed by atoms with Gasteiger partial charge in [-0.3, -0.25) is 0 Å². The van der Waals surface area contributed by atoms with Crippen LogP contribution in [0.25, 0.3) is 0 Å². The van der Waals surface area contributed by atoms with E-state index in [0.717, 1.165) is 10.9 Å². The maximum absolute atomic E-state index is 14.1. The lowest BCUT2D eigenvalue weighted by Gasteiger charge is -2.20. The molecule has 0 saturated carbocycles. The fraction of sp³-hybridized carbons (Fsp3) is 0.200. The van der Waals surface area contributed by atoms with E-state index in [1.807, 2.05) is 12.1 Å². The van der Waals surface area contributed by atoms with E-state index in [2.05, 4.69) is 0 Å². The lowest BCUT2D eigenvalue weighted by molar-refractivity contribution is 0.371. The van der Waals surface area contributed by atoms with Gasteiger partial charge in [0, 0.05) is 5.56 Å². The molecule has 2 aromatic rings. The number of hydrogen-bond donors (Lipinski definition) is 0. The van der Waals surface area contributed by atoms with Gasteiger partial charge in [-0.25, -0.2) is 22.0 Å². The van der Waals surface area contributed by atoms with Crippen molar-refractivity contribution >= 4 is 24.4 Å². The average molecular weight is 308 g/mol. The largest absolute Gasteiger partial charge is 0.203 e. The Bertz CT molecular complexity index is 704. The van der Waals surface area contributed by atoms with Crippen LogP contribution in [0.2, 0.25) is 13.6 Å². The van der Waals surface area contributed by atoms with Crippen LogP contribution in [-0.2, 0) is 0 Å². The van der Waals surface area contributed by atoms with E-state index >= 15 is 0 Å². The van der Waals surface area contributed by atoms with Crippen LogP contribution in [0.4, 0.5) is 22.0 Å². The Morgan fingerprint density at radius 1 is 0.682 bits per heavy atom. The van der Waals surface area contributed by atoms with Crippen LogP contribution < -0.4 is 10.9 Å². The maximum Gasteiger partial charge on any atom is 0.200 e. The van der Waals surface area contributed by atoms with Crippen molar-refractivity contribution in [2.45, 2.75) is 19.4 Å². The molecule has 0 aromatic heterocycles. The Labute approximate surface area is 125 Å². The Balaban J connectivity index is 2.22. The van der Waals surface area contributed by atoms with E-state index in [0.29, 0.717) is 0 Å². The average Bonchev–Trinajstić information content (AvgIpc) is 2.77. The third-order valence-electron chi connectivity index (χ3n) is 4.63. The van der Waals surface area contributed by atoms with Gasteiger partial charge in [0.1, 0.15) is 0 Å². The molecular formula is C15H11B2F5. The van der Waals surface area contributed by atoms with Crippen molar-refractivity contribution in [1.29, 1.82) is 0 Å². The highest BCUT2D eigenvalue weighted by Gasteiger charge is 2.44. The Morgan fingerprint density at radius 3 is 1.45 bits per heavy atom. The standard InChI is InChI=1S/C15H11B2F5/c1-16-7-5-3-4-6-8(7)17(2)15(16)9-10(18)12(20)14(22)13(21)11(9)19/h3-6,15H,1-2H3. The molecule has 1 aliphatic rings. The molecule has 0 fully saturated rings. The molecule has 0 bridgehead atoms. The Kier molecular flexibility index (Phi) is 3.54. The van der Waals surface area contributed by atoms with Gasteiger partial charge in [-0.05, 0) is 5.72 Å². The van der Waals surface area contributed by atoms with Crippen LogP contribution in [0.1, 0.15) is 11.3 Å². The molecule has 3 rings (SSSR count). The fourth-order valence-corrected chi connectivity index (χ4v) is 3.57. The SMILES string of the molecule is CB1c2ccccc2B(C)C1c1c(F)c(F)c(F)c(F)c1F. The van der Waals surface area contributed by atoms with Crippen molar-refractivity contribution in [3.05, 3.63) is 58.9 Å². The summed E-state index contributed by atoms with van der Waals surface area (Å²) in [5.74, 6) is -9.34. The topological polar surface area (TPSA) is 0 Å². The predicted octanol–water partition coefficient (Wildman–Crippen LogP) is 2.92. The molecule has 22 heavy (non-hydrogen) atoms. The summed E-state index contributed by atoms with van der Waals surface area (Å²) in [7, 11) is 0. The van der Waals surface area contributed by atoms with Gasteiger partial charge < -0.3 is 0 Å². The molecule has 0 nitrogen and oxygen atoms in total. The molecular weight excluding hydrogens is 297 g/mol. The van der Waals surface area contributed by atoms with E-state index in [-0.39, 0.29) is 13.4 Å². The summed E-state index contributed by atoms with van der Waals surface area (Å²) in [6.07, 6.45) is 0. The summed E-state index contributed by atoms with van der Waals surface area (Å²) >= 11 is 0. The highest BCUT2D eigenvalue weighted by molar-refractivity contribution is 7.00. The van der Waals surface area contributed by atoms with Gasteiger partial charge in [-0.15, -0.1) is 0 Å². The number of rotatable bonds is 1. The number of hydrogen-bond acceptors (Lipinski definition) is 0. The normalized spacial score (nSPS) is 14.7. The van der Waals surface area contributed by atoms with Crippen LogP contribution in [0.15, 0.2) is 24.3 Å².